The van der Waals surface area contributed by atoms with Gasteiger partial charge in [-0.25, -0.2) is 0 Å². The fraction of sp³-hybridized carbons (Fsp3) is 0.118. The molecule has 1 aliphatic heterocycles. The molecule has 24 heavy (non-hydrogen) atoms. The second kappa shape index (κ2) is 6.76. The van der Waals surface area contributed by atoms with Crippen molar-refractivity contribution in [1.29, 1.82) is 0 Å². The molecule has 0 fully saturated rings. The third-order valence-corrected chi connectivity index (χ3v) is 3.66. The van der Waals surface area contributed by atoms with Crippen molar-refractivity contribution in [1.82, 2.24) is 5.16 Å². The molecule has 0 spiro atoms. The number of hydrogen-bond acceptors (Lipinski definition) is 6. The molecule has 0 N–H and O–H groups in total. The molecule has 1 aromatic heterocycles. The van der Waals surface area contributed by atoms with Crippen LogP contribution >= 0.6 is 0 Å². The Labute approximate surface area is 160 Å². The van der Waals surface area contributed by atoms with Gasteiger partial charge in [-0.1, -0.05) is 29.4 Å². The average Bonchev–Trinajstić information content (AvgIpc) is 3.23. The van der Waals surface area contributed by atoms with E-state index in [0.29, 0.717) is 23.0 Å². The van der Waals surface area contributed by atoms with Crippen LogP contribution in [-0.4, -0.2) is 19.1 Å². The van der Waals surface area contributed by atoms with E-state index in [1.165, 1.54) is 12.1 Å². The number of fused-ring (bicyclic) bond motifs is 1. The summed E-state index contributed by atoms with van der Waals surface area (Å²) in [5.74, 6) is 2.26. The molecule has 2 heterocycles. The van der Waals surface area contributed by atoms with Gasteiger partial charge < -0.3 is 23.8 Å². The summed E-state index contributed by atoms with van der Waals surface area (Å²) >= 11 is 0. The molecular formula is C17H12NNaO5. The molecule has 0 amide bonds. The van der Waals surface area contributed by atoms with Gasteiger partial charge in [-0.2, -0.15) is 0 Å². The first-order chi connectivity index (χ1) is 11.3. The van der Waals surface area contributed by atoms with Crippen molar-refractivity contribution in [3.63, 3.8) is 0 Å². The molecule has 116 valence electrons. The fourth-order valence-electron chi connectivity index (χ4n) is 2.55. The van der Waals surface area contributed by atoms with Crippen LogP contribution in [0.3, 0.4) is 0 Å². The van der Waals surface area contributed by atoms with Crippen LogP contribution in [-0.2, 0) is 0 Å². The van der Waals surface area contributed by atoms with Gasteiger partial charge in [0.05, 0.1) is 13.3 Å². The summed E-state index contributed by atoms with van der Waals surface area (Å²) in [6.45, 7) is 0.156. The minimum Gasteiger partial charge on any atom is -0.872 e. The van der Waals surface area contributed by atoms with Gasteiger partial charge in [-0.05, 0) is 17.7 Å². The Kier molecular flexibility index (Phi) is 4.71. The van der Waals surface area contributed by atoms with E-state index in [-0.39, 0.29) is 42.1 Å². The number of nitrogens with zero attached hydrogens (tertiary/aromatic N) is 1. The minimum atomic E-state index is -0.0449. The first-order valence-electron chi connectivity index (χ1n) is 6.96. The SMILES string of the molecule is COc1cc(-c2oncc2-c2ccc([O-])cc2)cc2c1OCO2.[Na+]. The second-order valence-corrected chi connectivity index (χ2v) is 5.01. The van der Waals surface area contributed by atoms with Crippen LogP contribution in [0.5, 0.6) is 23.0 Å². The van der Waals surface area contributed by atoms with Crippen LogP contribution in [0.25, 0.3) is 22.5 Å². The zero-order chi connectivity index (χ0) is 15.8. The Morgan fingerprint density at radius 2 is 1.88 bits per heavy atom. The molecule has 0 bridgehead atoms. The molecule has 4 rings (SSSR count). The van der Waals surface area contributed by atoms with Gasteiger partial charge in [0.15, 0.2) is 17.3 Å². The smallest absolute Gasteiger partial charge is 0.872 e. The van der Waals surface area contributed by atoms with Crippen molar-refractivity contribution in [3.8, 4) is 45.4 Å². The number of benzene rings is 2. The topological polar surface area (TPSA) is 76.8 Å². The Bertz CT molecular complexity index is 860. The number of aromatic nitrogens is 1. The molecule has 2 aromatic carbocycles. The summed E-state index contributed by atoms with van der Waals surface area (Å²) in [4.78, 5) is 0. The fourth-order valence-corrected chi connectivity index (χ4v) is 2.55. The van der Waals surface area contributed by atoms with E-state index in [9.17, 15) is 5.11 Å². The Balaban J connectivity index is 0.00000169. The molecule has 0 unspecified atom stereocenters. The monoisotopic (exact) mass is 333 g/mol. The molecule has 0 saturated heterocycles. The van der Waals surface area contributed by atoms with E-state index in [1.54, 1.807) is 31.5 Å². The third-order valence-electron chi connectivity index (χ3n) is 3.66. The largest absolute Gasteiger partial charge is 1.00 e. The van der Waals surface area contributed by atoms with E-state index in [4.69, 9.17) is 18.7 Å². The summed E-state index contributed by atoms with van der Waals surface area (Å²) in [5, 5.41) is 15.2. The molecule has 7 heteroatoms. The van der Waals surface area contributed by atoms with Crippen LogP contribution in [0.1, 0.15) is 0 Å². The van der Waals surface area contributed by atoms with Gasteiger partial charge in [0, 0.05) is 11.1 Å². The van der Waals surface area contributed by atoms with Gasteiger partial charge in [0.25, 0.3) is 0 Å². The number of methoxy groups -OCH3 is 1. The van der Waals surface area contributed by atoms with Crippen LogP contribution in [0, 0.1) is 0 Å². The molecule has 0 radical (unpaired) electrons. The number of ether oxygens (including phenoxy) is 3. The molecule has 3 aromatic rings. The Morgan fingerprint density at radius 3 is 2.62 bits per heavy atom. The zero-order valence-electron chi connectivity index (χ0n) is 13.2. The number of rotatable bonds is 3. The van der Waals surface area contributed by atoms with Crippen molar-refractivity contribution in [2.75, 3.05) is 13.9 Å². The van der Waals surface area contributed by atoms with Gasteiger partial charge in [-0.3, -0.25) is 0 Å². The maximum absolute atomic E-state index is 11.3. The van der Waals surface area contributed by atoms with Crippen molar-refractivity contribution >= 4 is 0 Å². The van der Waals surface area contributed by atoms with E-state index >= 15 is 0 Å². The Hall–Kier alpha value is -2.15. The molecular weight excluding hydrogens is 321 g/mol. The average molecular weight is 333 g/mol. The van der Waals surface area contributed by atoms with Crippen LogP contribution in [0.4, 0.5) is 0 Å². The van der Waals surface area contributed by atoms with Gasteiger partial charge in [-0.15, -0.1) is 5.75 Å². The summed E-state index contributed by atoms with van der Waals surface area (Å²) < 4.78 is 21.6. The van der Waals surface area contributed by atoms with Crippen LogP contribution in [0.2, 0.25) is 0 Å². The van der Waals surface area contributed by atoms with E-state index in [1.807, 2.05) is 6.07 Å². The molecule has 1 aliphatic rings. The van der Waals surface area contributed by atoms with Crippen molar-refractivity contribution in [2.24, 2.45) is 0 Å². The quantitative estimate of drug-likeness (QED) is 0.619. The summed E-state index contributed by atoms with van der Waals surface area (Å²) in [6.07, 6.45) is 1.62. The van der Waals surface area contributed by atoms with Gasteiger partial charge in [0.2, 0.25) is 12.5 Å². The van der Waals surface area contributed by atoms with E-state index in [2.05, 4.69) is 5.16 Å². The van der Waals surface area contributed by atoms with Crippen molar-refractivity contribution < 1.29 is 53.4 Å². The van der Waals surface area contributed by atoms with E-state index in [0.717, 1.165) is 16.7 Å². The third kappa shape index (κ3) is 2.84. The van der Waals surface area contributed by atoms with Crippen molar-refractivity contribution in [3.05, 3.63) is 42.6 Å². The van der Waals surface area contributed by atoms with E-state index < -0.39 is 0 Å². The second-order valence-electron chi connectivity index (χ2n) is 5.01. The first kappa shape index (κ1) is 16.7. The number of hydrogen-bond donors (Lipinski definition) is 0. The normalized spacial score (nSPS) is 11.9. The summed E-state index contributed by atoms with van der Waals surface area (Å²) in [5.41, 5.74) is 2.38. The van der Waals surface area contributed by atoms with Crippen LogP contribution < -0.4 is 48.9 Å². The minimum absolute atomic E-state index is 0. The molecule has 0 atom stereocenters. The zero-order valence-corrected chi connectivity index (χ0v) is 15.2. The van der Waals surface area contributed by atoms with Gasteiger partial charge >= 0.3 is 29.6 Å². The van der Waals surface area contributed by atoms with Crippen molar-refractivity contribution in [2.45, 2.75) is 0 Å². The first-order valence-corrected chi connectivity index (χ1v) is 6.96. The maximum atomic E-state index is 11.3. The molecule has 6 nitrogen and oxygen atoms in total. The Morgan fingerprint density at radius 1 is 1.08 bits per heavy atom. The maximum Gasteiger partial charge on any atom is 1.00 e. The predicted octanol–water partition coefficient (Wildman–Crippen LogP) is -0.177. The predicted molar refractivity (Wildman–Crippen MR) is 79.5 cm³/mol. The standard InChI is InChI=1S/C17H13NO5.Na/c1-20-14-6-11(7-15-17(14)22-9-21-15)16-13(8-18-23-16)10-2-4-12(19)5-3-10;/h2-8,19H,9H2,1H3;/q;+1/p-1. The van der Waals surface area contributed by atoms with Gasteiger partial charge in [0.1, 0.15) is 0 Å². The summed E-state index contributed by atoms with van der Waals surface area (Å²) in [6, 6.07) is 10.1. The van der Waals surface area contributed by atoms with Crippen LogP contribution in [0.15, 0.2) is 47.1 Å². The molecule has 0 saturated carbocycles. The summed E-state index contributed by atoms with van der Waals surface area (Å²) in [7, 11) is 1.56. The molecule has 0 aliphatic carbocycles.